The molecule has 1 aliphatic rings. The molecule has 0 aliphatic heterocycles. The van der Waals surface area contributed by atoms with Gasteiger partial charge in [-0.3, -0.25) is 0 Å². The summed E-state index contributed by atoms with van der Waals surface area (Å²) in [6.45, 7) is 3.57. The van der Waals surface area contributed by atoms with Gasteiger partial charge in [0.1, 0.15) is 0 Å². The number of nitrogens with zero attached hydrogens (tertiary/aromatic N) is 1. The SMILES string of the molecule is CCNC(=NCc1cccc(Br)c1)NC1CCC(O)CC1. The van der Waals surface area contributed by atoms with E-state index in [0.717, 1.165) is 42.7 Å². The molecule has 2 rings (SSSR count). The van der Waals surface area contributed by atoms with Gasteiger partial charge in [0.2, 0.25) is 0 Å². The predicted octanol–water partition coefficient (Wildman–Crippen LogP) is 2.81. The Morgan fingerprint density at radius 2 is 2.10 bits per heavy atom. The summed E-state index contributed by atoms with van der Waals surface area (Å²) in [5.41, 5.74) is 1.18. The van der Waals surface area contributed by atoms with E-state index >= 15 is 0 Å². The van der Waals surface area contributed by atoms with Crippen LogP contribution in [-0.2, 0) is 6.54 Å². The summed E-state index contributed by atoms with van der Waals surface area (Å²) >= 11 is 3.48. The average Bonchev–Trinajstić information content (AvgIpc) is 2.47. The van der Waals surface area contributed by atoms with Crippen molar-refractivity contribution in [1.82, 2.24) is 10.6 Å². The minimum atomic E-state index is -0.121. The van der Waals surface area contributed by atoms with Crippen molar-refractivity contribution in [2.45, 2.75) is 51.3 Å². The van der Waals surface area contributed by atoms with Crippen LogP contribution in [0.15, 0.2) is 33.7 Å². The summed E-state index contributed by atoms with van der Waals surface area (Å²) in [6, 6.07) is 8.62. The van der Waals surface area contributed by atoms with Gasteiger partial charge in [0.15, 0.2) is 5.96 Å². The van der Waals surface area contributed by atoms with Crippen LogP contribution >= 0.6 is 15.9 Å². The molecule has 1 aliphatic carbocycles. The van der Waals surface area contributed by atoms with Gasteiger partial charge in [-0.15, -0.1) is 0 Å². The monoisotopic (exact) mass is 353 g/mol. The molecule has 0 atom stereocenters. The quantitative estimate of drug-likeness (QED) is 0.576. The minimum Gasteiger partial charge on any atom is -0.393 e. The van der Waals surface area contributed by atoms with Gasteiger partial charge in [0.25, 0.3) is 0 Å². The molecule has 0 saturated heterocycles. The molecule has 0 bridgehead atoms. The van der Waals surface area contributed by atoms with Crippen LogP contribution in [0.3, 0.4) is 0 Å². The Morgan fingerprint density at radius 1 is 1.33 bits per heavy atom. The first kappa shape index (κ1) is 16.3. The summed E-state index contributed by atoms with van der Waals surface area (Å²) in [6.07, 6.45) is 3.64. The second kappa shape index (κ2) is 8.39. The van der Waals surface area contributed by atoms with Crippen LogP contribution in [0.1, 0.15) is 38.2 Å². The molecule has 21 heavy (non-hydrogen) atoms. The standard InChI is InChI=1S/C16H24BrN3O/c1-2-18-16(20-14-6-8-15(21)9-7-14)19-11-12-4-3-5-13(17)10-12/h3-5,10,14-15,21H,2,6-9,11H2,1H3,(H2,18,19,20). The van der Waals surface area contributed by atoms with Crippen molar-refractivity contribution in [2.24, 2.45) is 4.99 Å². The zero-order valence-electron chi connectivity index (χ0n) is 12.5. The average molecular weight is 354 g/mol. The molecule has 1 aromatic carbocycles. The largest absolute Gasteiger partial charge is 0.393 e. The number of hydrogen-bond acceptors (Lipinski definition) is 2. The third-order valence-corrected chi connectivity index (χ3v) is 4.18. The number of aliphatic imine (C=N–C) groups is 1. The lowest BCUT2D eigenvalue weighted by Gasteiger charge is -2.27. The first-order valence-corrected chi connectivity index (χ1v) is 8.44. The first-order valence-electron chi connectivity index (χ1n) is 7.64. The van der Waals surface area contributed by atoms with Gasteiger partial charge in [-0.2, -0.15) is 0 Å². The van der Waals surface area contributed by atoms with E-state index in [-0.39, 0.29) is 6.10 Å². The van der Waals surface area contributed by atoms with Crippen LogP contribution in [0.4, 0.5) is 0 Å². The van der Waals surface area contributed by atoms with Crippen LogP contribution < -0.4 is 10.6 Å². The van der Waals surface area contributed by atoms with Gasteiger partial charge >= 0.3 is 0 Å². The molecule has 3 N–H and O–H groups in total. The maximum atomic E-state index is 9.56. The number of nitrogens with one attached hydrogen (secondary N) is 2. The Bertz CT molecular complexity index is 470. The molecule has 0 radical (unpaired) electrons. The maximum absolute atomic E-state index is 9.56. The molecule has 0 aromatic heterocycles. The van der Waals surface area contributed by atoms with Crippen molar-refractivity contribution in [2.75, 3.05) is 6.54 Å². The molecule has 0 heterocycles. The van der Waals surface area contributed by atoms with Crippen molar-refractivity contribution < 1.29 is 5.11 Å². The lowest BCUT2D eigenvalue weighted by atomic mass is 9.93. The Kier molecular flexibility index (Phi) is 6.51. The van der Waals surface area contributed by atoms with Crippen molar-refractivity contribution in [1.29, 1.82) is 0 Å². The fourth-order valence-corrected chi connectivity index (χ4v) is 2.99. The molecule has 1 fully saturated rings. The molecule has 4 nitrogen and oxygen atoms in total. The normalized spacial score (nSPS) is 22.9. The van der Waals surface area contributed by atoms with Gasteiger partial charge in [-0.25, -0.2) is 4.99 Å². The van der Waals surface area contributed by atoms with Crippen LogP contribution in [-0.4, -0.2) is 29.8 Å². The van der Waals surface area contributed by atoms with E-state index in [1.807, 2.05) is 12.1 Å². The molecule has 0 spiro atoms. The van der Waals surface area contributed by atoms with Crippen molar-refractivity contribution >= 4 is 21.9 Å². The highest BCUT2D eigenvalue weighted by molar-refractivity contribution is 9.10. The third kappa shape index (κ3) is 5.67. The molecule has 0 unspecified atom stereocenters. The van der Waals surface area contributed by atoms with E-state index < -0.39 is 0 Å². The van der Waals surface area contributed by atoms with E-state index in [1.54, 1.807) is 0 Å². The Hall–Kier alpha value is -1.07. The first-order chi connectivity index (χ1) is 10.2. The Balaban J connectivity index is 1.92. The van der Waals surface area contributed by atoms with E-state index in [9.17, 15) is 5.11 Å². The highest BCUT2D eigenvalue weighted by Gasteiger charge is 2.19. The topological polar surface area (TPSA) is 56.7 Å². The fraction of sp³-hybridized carbons (Fsp3) is 0.562. The summed E-state index contributed by atoms with van der Waals surface area (Å²) in [7, 11) is 0. The second-order valence-corrected chi connectivity index (χ2v) is 6.39. The van der Waals surface area contributed by atoms with Crippen molar-refractivity contribution in [3.63, 3.8) is 0 Å². The van der Waals surface area contributed by atoms with Gasteiger partial charge in [0.05, 0.1) is 12.6 Å². The lowest BCUT2D eigenvalue weighted by Crippen LogP contribution is -2.45. The molecule has 5 heteroatoms. The predicted molar refractivity (Wildman–Crippen MR) is 90.4 cm³/mol. The smallest absolute Gasteiger partial charge is 0.191 e. The summed E-state index contributed by atoms with van der Waals surface area (Å²) in [5.74, 6) is 0.860. The van der Waals surface area contributed by atoms with E-state index in [4.69, 9.17) is 0 Å². The molecular weight excluding hydrogens is 330 g/mol. The number of aliphatic hydroxyl groups excluding tert-OH is 1. The third-order valence-electron chi connectivity index (χ3n) is 3.69. The van der Waals surface area contributed by atoms with Gasteiger partial charge in [-0.1, -0.05) is 28.1 Å². The van der Waals surface area contributed by atoms with Gasteiger partial charge in [-0.05, 0) is 50.3 Å². The Morgan fingerprint density at radius 3 is 2.76 bits per heavy atom. The number of benzene rings is 1. The molecule has 1 aromatic rings. The number of guanidine groups is 1. The molecule has 1 saturated carbocycles. The number of halogens is 1. The zero-order chi connectivity index (χ0) is 15.1. The maximum Gasteiger partial charge on any atom is 0.191 e. The van der Waals surface area contributed by atoms with E-state index in [2.05, 4.69) is 50.6 Å². The van der Waals surface area contributed by atoms with Crippen LogP contribution in [0.5, 0.6) is 0 Å². The number of rotatable bonds is 4. The van der Waals surface area contributed by atoms with Crippen LogP contribution in [0.2, 0.25) is 0 Å². The van der Waals surface area contributed by atoms with Gasteiger partial charge in [0, 0.05) is 17.1 Å². The molecule has 116 valence electrons. The highest BCUT2D eigenvalue weighted by atomic mass is 79.9. The van der Waals surface area contributed by atoms with Crippen molar-refractivity contribution in [3.05, 3.63) is 34.3 Å². The summed E-state index contributed by atoms with van der Waals surface area (Å²) in [4.78, 5) is 4.65. The minimum absolute atomic E-state index is 0.121. The van der Waals surface area contributed by atoms with Crippen LogP contribution in [0, 0.1) is 0 Å². The Labute approximate surface area is 135 Å². The van der Waals surface area contributed by atoms with Crippen LogP contribution in [0.25, 0.3) is 0 Å². The van der Waals surface area contributed by atoms with Crippen molar-refractivity contribution in [3.8, 4) is 0 Å². The lowest BCUT2D eigenvalue weighted by molar-refractivity contribution is 0.120. The van der Waals surface area contributed by atoms with E-state index in [1.165, 1.54) is 5.56 Å². The summed E-state index contributed by atoms with van der Waals surface area (Å²) < 4.78 is 1.08. The van der Waals surface area contributed by atoms with Gasteiger partial charge < -0.3 is 15.7 Å². The number of hydrogen-bond donors (Lipinski definition) is 3. The molecule has 0 amide bonds. The second-order valence-electron chi connectivity index (χ2n) is 5.47. The van der Waals surface area contributed by atoms with E-state index in [0.29, 0.717) is 12.6 Å². The number of aliphatic hydroxyl groups is 1. The fourth-order valence-electron chi connectivity index (χ4n) is 2.54. The highest BCUT2D eigenvalue weighted by Crippen LogP contribution is 2.18. The zero-order valence-corrected chi connectivity index (χ0v) is 14.1. The summed E-state index contributed by atoms with van der Waals surface area (Å²) in [5, 5.41) is 16.3. The molecular formula is C16H24BrN3O.